The number of carboxylic acid groups (broad SMARTS) is 1. The standard InChI is InChI=1S/C78H133NO8/c1-6-8-10-12-14-16-18-20-22-24-26-28-29-30-31-32-33-34-35-36-37-38-39-40-41-42-43-44-45-46-47-49-51-53-55-57-59-61-63-65-67-69-76(81)87-74(73-86-78(77(82)83)84-71-70-79(3,4)5)72-85-75(80)68-66-64-62-60-58-56-54-52-50-48-27-25-23-21-19-17-15-13-11-9-7-2/h8,10,14,16,19-22,25-28,30-31,33-34,36-37,50,52,74,78H,6-7,9,11-13,15,17-18,23-24,29,32,35,38-49,51,53-73H2,1-5H3/b10-8-,16-14-,21-19-,22-20-,27-25-,28-26-,31-30-,34-33-,37-36-,52-50-. The summed E-state index contributed by atoms with van der Waals surface area (Å²) in [6, 6.07) is 0. The molecule has 498 valence electrons. The van der Waals surface area contributed by atoms with Crippen LogP contribution < -0.4 is 5.11 Å². The molecular formula is C78H133NO8. The summed E-state index contributed by atoms with van der Waals surface area (Å²) in [5.74, 6) is -2.29. The number of rotatable bonds is 65. The molecule has 0 bridgehead atoms. The summed E-state index contributed by atoms with van der Waals surface area (Å²) in [4.78, 5) is 37.5. The molecule has 0 saturated heterocycles. The van der Waals surface area contributed by atoms with Crippen molar-refractivity contribution >= 4 is 17.9 Å². The Morgan fingerprint density at radius 3 is 0.977 bits per heavy atom. The maximum absolute atomic E-state index is 12.9. The van der Waals surface area contributed by atoms with Gasteiger partial charge in [-0.3, -0.25) is 9.59 Å². The maximum Gasteiger partial charge on any atom is 0.306 e. The number of unbranched alkanes of at least 4 members (excludes halogenated alkanes) is 30. The van der Waals surface area contributed by atoms with Crippen LogP contribution in [-0.4, -0.2) is 82.3 Å². The van der Waals surface area contributed by atoms with Crippen LogP contribution in [0.25, 0.3) is 0 Å². The van der Waals surface area contributed by atoms with Crippen molar-refractivity contribution in [3.63, 3.8) is 0 Å². The highest BCUT2D eigenvalue weighted by molar-refractivity contribution is 5.70. The van der Waals surface area contributed by atoms with Gasteiger partial charge in [-0.15, -0.1) is 0 Å². The number of carbonyl (C=O) groups excluding carboxylic acids is 3. The molecule has 0 heterocycles. The van der Waals surface area contributed by atoms with E-state index in [1.807, 2.05) is 21.1 Å². The summed E-state index contributed by atoms with van der Waals surface area (Å²) in [5, 5.41) is 11.8. The number of ether oxygens (including phenoxy) is 4. The zero-order chi connectivity index (χ0) is 63.3. The predicted octanol–water partition coefficient (Wildman–Crippen LogP) is 21.0. The number of carboxylic acids is 1. The molecule has 0 N–H and O–H groups in total. The summed E-state index contributed by atoms with van der Waals surface area (Å²) in [5.41, 5.74) is 0. The molecule has 2 atom stereocenters. The molecule has 0 aromatic carbocycles. The van der Waals surface area contributed by atoms with E-state index in [1.165, 1.54) is 154 Å². The summed E-state index contributed by atoms with van der Waals surface area (Å²) >= 11 is 0. The Hall–Kier alpha value is -4.31. The third-order valence-corrected chi connectivity index (χ3v) is 15.2. The van der Waals surface area contributed by atoms with Crippen molar-refractivity contribution in [2.75, 3.05) is 47.5 Å². The fourth-order valence-electron chi connectivity index (χ4n) is 9.76. The first-order valence-corrected chi connectivity index (χ1v) is 35.7. The topological polar surface area (TPSA) is 111 Å². The van der Waals surface area contributed by atoms with Crippen LogP contribution in [0, 0.1) is 0 Å². The number of hydrogen-bond acceptors (Lipinski definition) is 8. The Kier molecular flexibility index (Phi) is 64.3. The molecule has 0 aromatic rings. The van der Waals surface area contributed by atoms with Crippen LogP contribution in [-0.2, 0) is 33.3 Å². The fraction of sp³-hybridized carbons (Fsp3) is 0.705. The summed E-state index contributed by atoms with van der Waals surface area (Å²) in [7, 11) is 5.92. The van der Waals surface area contributed by atoms with Gasteiger partial charge in [0.25, 0.3) is 0 Å². The molecule has 2 unspecified atom stereocenters. The van der Waals surface area contributed by atoms with Crippen LogP contribution in [0.15, 0.2) is 122 Å². The van der Waals surface area contributed by atoms with E-state index in [2.05, 4.69) is 135 Å². The molecule has 87 heavy (non-hydrogen) atoms. The maximum atomic E-state index is 12.9. The predicted molar refractivity (Wildman–Crippen MR) is 370 cm³/mol. The van der Waals surface area contributed by atoms with Crippen molar-refractivity contribution in [2.45, 2.75) is 309 Å². The van der Waals surface area contributed by atoms with Gasteiger partial charge < -0.3 is 33.3 Å². The van der Waals surface area contributed by atoms with Crippen molar-refractivity contribution in [1.29, 1.82) is 0 Å². The quantitative estimate of drug-likeness (QED) is 0.0195. The Morgan fingerprint density at radius 1 is 0.356 bits per heavy atom. The van der Waals surface area contributed by atoms with Crippen molar-refractivity contribution in [3.05, 3.63) is 122 Å². The average molecular weight is 1210 g/mol. The molecule has 0 radical (unpaired) electrons. The number of esters is 2. The van der Waals surface area contributed by atoms with Crippen molar-refractivity contribution in [1.82, 2.24) is 0 Å². The molecule has 0 aliphatic carbocycles. The van der Waals surface area contributed by atoms with Gasteiger partial charge in [0.05, 0.1) is 40.3 Å². The highest BCUT2D eigenvalue weighted by Crippen LogP contribution is 2.17. The van der Waals surface area contributed by atoms with E-state index in [1.54, 1.807) is 0 Å². The van der Waals surface area contributed by atoms with Crippen LogP contribution in [0.3, 0.4) is 0 Å². The number of carbonyl (C=O) groups is 3. The van der Waals surface area contributed by atoms with Gasteiger partial charge in [-0.2, -0.15) is 0 Å². The van der Waals surface area contributed by atoms with Gasteiger partial charge in [-0.1, -0.05) is 296 Å². The van der Waals surface area contributed by atoms with Crippen molar-refractivity contribution in [3.8, 4) is 0 Å². The number of likely N-dealkylation sites (N-methyl/N-ethyl adjacent to an activating group) is 1. The Morgan fingerprint density at radius 2 is 0.655 bits per heavy atom. The first-order valence-electron chi connectivity index (χ1n) is 35.7. The largest absolute Gasteiger partial charge is 0.545 e. The molecular weight excluding hydrogens is 1080 g/mol. The Labute approximate surface area is 536 Å². The van der Waals surface area contributed by atoms with E-state index >= 15 is 0 Å². The summed E-state index contributed by atoms with van der Waals surface area (Å²) in [6.07, 6.45) is 92.9. The molecule has 0 spiro atoms. The lowest BCUT2D eigenvalue weighted by molar-refractivity contribution is -0.870. The average Bonchev–Trinajstić information content (AvgIpc) is 3.59. The van der Waals surface area contributed by atoms with Crippen LogP contribution >= 0.6 is 0 Å². The van der Waals surface area contributed by atoms with Gasteiger partial charge in [0.2, 0.25) is 0 Å². The molecule has 9 heteroatoms. The van der Waals surface area contributed by atoms with E-state index in [4.69, 9.17) is 18.9 Å². The number of nitrogens with zero attached hydrogens (tertiary/aromatic N) is 1. The van der Waals surface area contributed by atoms with Crippen molar-refractivity contribution < 1.29 is 42.9 Å². The zero-order valence-electron chi connectivity index (χ0n) is 56.9. The third kappa shape index (κ3) is 69.0. The number of quaternary nitrogens is 1. The highest BCUT2D eigenvalue weighted by atomic mass is 16.7. The Balaban J connectivity index is 4.06. The minimum Gasteiger partial charge on any atom is -0.545 e. The van der Waals surface area contributed by atoms with Crippen LogP contribution in [0.4, 0.5) is 0 Å². The first kappa shape index (κ1) is 82.7. The second kappa shape index (κ2) is 67.6. The molecule has 0 aromatic heterocycles. The number of hydrogen-bond donors (Lipinski definition) is 0. The van der Waals surface area contributed by atoms with Crippen LogP contribution in [0.5, 0.6) is 0 Å². The zero-order valence-corrected chi connectivity index (χ0v) is 56.9. The molecule has 0 saturated carbocycles. The highest BCUT2D eigenvalue weighted by Gasteiger charge is 2.22. The van der Waals surface area contributed by atoms with Gasteiger partial charge >= 0.3 is 11.9 Å². The van der Waals surface area contributed by atoms with Gasteiger partial charge in [0.15, 0.2) is 12.4 Å². The minimum absolute atomic E-state index is 0.142. The van der Waals surface area contributed by atoms with Gasteiger partial charge in [-0.05, 0) is 109 Å². The lowest BCUT2D eigenvalue weighted by Crippen LogP contribution is -2.44. The van der Waals surface area contributed by atoms with Crippen LogP contribution in [0.1, 0.15) is 296 Å². The van der Waals surface area contributed by atoms with Crippen molar-refractivity contribution in [2.24, 2.45) is 0 Å². The summed E-state index contributed by atoms with van der Waals surface area (Å²) < 4.78 is 22.8. The second-order valence-corrected chi connectivity index (χ2v) is 24.8. The summed E-state index contributed by atoms with van der Waals surface area (Å²) in [6.45, 7) is 4.62. The molecule has 0 fully saturated rings. The fourth-order valence-corrected chi connectivity index (χ4v) is 9.76. The van der Waals surface area contributed by atoms with Gasteiger partial charge in [0, 0.05) is 12.8 Å². The second-order valence-electron chi connectivity index (χ2n) is 24.8. The SMILES string of the molecule is CC/C=C\C/C=C\C/C=C\C/C=C\C/C=C\C/C=C\C/C=C\CCCCCCCCCCCCCCCCCCCCCC(=O)OC(COC(=O)CCCCCCCC/C=C\C/C=C\C/C=C\CCCCCCC)COC(OCC[N+](C)(C)C)C(=O)[O-]. The van der Waals surface area contributed by atoms with E-state index in [0.717, 1.165) is 109 Å². The Bertz CT molecular complexity index is 1840. The normalized spacial score (nSPS) is 13.4. The lowest BCUT2D eigenvalue weighted by atomic mass is 10.0. The smallest absolute Gasteiger partial charge is 0.306 e. The molecule has 0 aliphatic rings. The first-order chi connectivity index (χ1) is 42.6. The van der Waals surface area contributed by atoms with E-state index in [9.17, 15) is 19.5 Å². The molecule has 0 rings (SSSR count). The molecule has 9 nitrogen and oxygen atoms in total. The molecule has 0 aliphatic heterocycles. The number of aliphatic carboxylic acids is 1. The third-order valence-electron chi connectivity index (χ3n) is 15.2. The van der Waals surface area contributed by atoms with Crippen LogP contribution in [0.2, 0.25) is 0 Å². The molecule has 0 amide bonds. The van der Waals surface area contributed by atoms with E-state index in [0.29, 0.717) is 17.4 Å². The van der Waals surface area contributed by atoms with E-state index in [-0.39, 0.29) is 38.6 Å². The van der Waals surface area contributed by atoms with E-state index < -0.39 is 24.3 Å². The lowest BCUT2D eigenvalue weighted by Gasteiger charge is -2.26. The number of allylic oxidation sites excluding steroid dienone is 20. The van der Waals surface area contributed by atoms with Gasteiger partial charge in [-0.25, -0.2) is 0 Å². The monoisotopic (exact) mass is 1210 g/mol. The van der Waals surface area contributed by atoms with Gasteiger partial charge in [0.1, 0.15) is 13.2 Å². The minimum atomic E-state index is -1.63.